The molecule has 0 radical (unpaired) electrons. The molecule has 0 aliphatic heterocycles. The zero-order valence-corrected chi connectivity index (χ0v) is 16.4. The number of aromatic amines is 1. The Morgan fingerprint density at radius 1 is 1.16 bits per heavy atom. The average Bonchev–Trinajstić information content (AvgIpc) is 2.81. The maximum atomic E-state index is 13.0. The van der Waals surface area contributed by atoms with Crippen LogP contribution in [0, 0.1) is 19.8 Å². The highest BCUT2D eigenvalue weighted by atomic mass is 16.5. The minimum absolute atomic E-state index is 0.127. The Morgan fingerprint density at radius 3 is 2.24 bits per heavy atom. The van der Waals surface area contributed by atoms with Crippen LogP contribution in [0.1, 0.15) is 73.1 Å². The summed E-state index contributed by atoms with van der Waals surface area (Å²) >= 11 is 0. The van der Waals surface area contributed by atoms with Crippen LogP contribution >= 0.6 is 0 Å². The van der Waals surface area contributed by atoms with Crippen LogP contribution in [0.2, 0.25) is 0 Å². The molecule has 0 unspecified atom stereocenters. The number of H-pyrrole nitrogens is 1. The molecule has 0 saturated carbocycles. The second kappa shape index (κ2) is 8.83. The summed E-state index contributed by atoms with van der Waals surface area (Å²) in [5.41, 5.74) is 1.95. The Morgan fingerprint density at radius 2 is 1.76 bits per heavy atom. The Hall–Kier alpha value is -2.11. The van der Waals surface area contributed by atoms with Gasteiger partial charge in [-0.05, 0) is 45.6 Å². The van der Waals surface area contributed by atoms with Crippen molar-refractivity contribution in [1.82, 2.24) is 9.88 Å². The zero-order chi connectivity index (χ0) is 19.3. The summed E-state index contributed by atoms with van der Waals surface area (Å²) in [6.07, 6.45) is 0.830. The van der Waals surface area contributed by atoms with E-state index in [2.05, 4.69) is 18.8 Å². The number of rotatable bonds is 8. The van der Waals surface area contributed by atoms with Crippen LogP contribution in [0.5, 0.6) is 0 Å². The first-order valence-corrected chi connectivity index (χ1v) is 8.79. The Bertz CT molecular complexity index is 646. The fourth-order valence-corrected chi connectivity index (χ4v) is 2.90. The van der Waals surface area contributed by atoms with E-state index in [9.17, 15) is 14.4 Å². The summed E-state index contributed by atoms with van der Waals surface area (Å²) in [7, 11) is 0. The van der Waals surface area contributed by atoms with E-state index in [1.807, 2.05) is 0 Å². The third kappa shape index (κ3) is 4.94. The second-order valence-corrected chi connectivity index (χ2v) is 6.78. The van der Waals surface area contributed by atoms with Gasteiger partial charge in [-0.1, -0.05) is 13.8 Å². The van der Waals surface area contributed by atoms with Gasteiger partial charge in [0.2, 0.25) is 5.91 Å². The summed E-state index contributed by atoms with van der Waals surface area (Å²) in [5, 5.41) is 0. The van der Waals surface area contributed by atoms with Crippen molar-refractivity contribution in [3.05, 3.63) is 22.5 Å². The number of aromatic nitrogens is 1. The number of hydrogen-bond donors (Lipinski definition) is 1. The number of amides is 1. The van der Waals surface area contributed by atoms with Crippen LogP contribution in [-0.4, -0.2) is 46.7 Å². The standard InChI is InChI=1S/C19H30N2O4/c1-8-25-19(24)17-12(4)16(13(5)20-17)18(23)14(6)21(15(7)22)10-9-11(2)3/h11,14,20H,8-10H2,1-7H3/t14-/m0/s1. The molecule has 0 saturated heterocycles. The highest BCUT2D eigenvalue weighted by Gasteiger charge is 2.30. The molecular weight excluding hydrogens is 320 g/mol. The highest BCUT2D eigenvalue weighted by molar-refractivity contribution is 6.06. The quantitative estimate of drug-likeness (QED) is 0.576. The summed E-state index contributed by atoms with van der Waals surface area (Å²) in [4.78, 5) is 41.6. The van der Waals surface area contributed by atoms with Gasteiger partial charge in [0.05, 0.1) is 12.6 Å². The molecule has 1 atom stereocenters. The van der Waals surface area contributed by atoms with E-state index in [1.165, 1.54) is 6.92 Å². The molecule has 0 aliphatic rings. The molecule has 1 amide bonds. The topological polar surface area (TPSA) is 79.5 Å². The van der Waals surface area contributed by atoms with E-state index in [1.54, 1.807) is 32.6 Å². The highest BCUT2D eigenvalue weighted by Crippen LogP contribution is 2.22. The molecule has 25 heavy (non-hydrogen) atoms. The molecule has 6 nitrogen and oxygen atoms in total. The van der Waals surface area contributed by atoms with Gasteiger partial charge in [-0.25, -0.2) is 4.79 Å². The number of aryl methyl sites for hydroxylation is 1. The molecule has 0 bridgehead atoms. The van der Waals surface area contributed by atoms with Gasteiger partial charge < -0.3 is 14.6 Å². The van der Waals surface area contributed by atoms with Crippen LogP contribution in [-0.2, 0) is 9.53 Å². The number of nitrogens with one attached hydrogen (secondary N) is 1. The van der Waals surface area contributed by atoms with E-state index in [4.69, 9.17) is 4.74 Å². The van der Waals surface area contributed by atoms with Crippen LogP contribution in [0.15, 0.2) is 0 Å². The first-order valence-electron chi connectivity index (χ1n) is 8.79. The van der Waals surface area contributed by atoms with E-state index >= 15 is 0 Å². The molecule has 6 heteroatoms. The summed E-state index contributed by atoms with van der Waals surface area (Å²) in [5.74, 6) is -0.327. The van der Waals surface area contributed by atoms with E-state index in [-0.39, 0.29) is 18.3 Å². The molecular formula is C19H30N2O4. The van der Waals surface area contributed by atoms with Crippen molar-refractivity contribution in [2.75, 3.05) is 13.2 Å². The fourth-order valence-electron chi connectivity index (χ4n) is 2.90. The van der Waals surface area contributed by atoms with Gasteiger partial charge >= 0.3 is 5.97 Å². The lowest BCUT2D eigenvalue weighted by Crippen LogP contribution is -2.43. The summed E-state index contributed by atoms with van der Waals surface area (Å²) in [6, 6.07) is -0.584. The van der Waals surface area contributed by atoms with Crippen molar-refractivity contribution in [2.45, 2.75) is 60.9 Å². The first kappa shape index (κ1) is 20.9. The number of carbonyl (C=O) groups excluding carboxylic acids is 3. The number of ketones is 1. The third-order valence-corrected chi connectivity index (χ3v) is 4.36. The minimum Gasteiger partial charge on any atom is -0.461 e. The number of nitrogens with zero attached hydrogens (tertiary/aromatic N) is 1. The van der Waals surface area contributed by atoms with Gasteiger partial charge in [-0.3, -0.25) is 9.59 Å². The molecule has 0 aromatic carbocycles. The molecule has 140 valence electrons. The number of hydrogen-bond acceptors (Lipinski definition) is 4. The van der Waals surface area contributed by atoms with Crippen LogP contribution < -0.4 is 0 Å². The first-order chi connectivity index (χ1) is 11.6. The number of ether oxygens (including phenoxy) is 1. The van der Waals surface area contributed by atoms with Gasteiger partial charge in [-0.2, -0.15) is 0 Å². The van der Waals surface area contributed by atoms with Crippen molar-refractivity contribution >= 4 is 17.7 Å². The number of carbonyl (C=O) groups is 3. The van der Waals surface area contributed by atoms with Crippen molar-refractivity contribution in [1.29, 1.82) is 0 Å². The SMILES string of the molecule is CCOC(=O)c1[nH]c(C)c(C(=O)[C@H](C)N(CCC(C)C)C(C)=O)c1C. The van der Waals surface area contributed by atoms with Crippen molar-refractivity contribution < 1.29 is 19.1 Å². The van der Waals surface area contributed by atoms with Crippen LogP contribution in [0.4, 0.5) is 0 Å². The lowest BCUT2D eigenvalue weighted by molar-refractivity contribution is -0.130. The molecule has 0 aliphatic carbocycles. The van der Waals surface area contributed by atoms with Crippen molar-refractivity contribution in [3.63, 3.8) is 0 Å². The molecule has 1 rings (SSSR count). The zero-order valence-electron chi connectivity index (χ0n) is 16.4. The Labute approximate surface area is 149 Å². The van der Waals surface area contributed by atoms with Crippen LogP contribution in [0.3, 0.4) is 0 Å². The summed E-state index contributed by atoms with van der Waals surface area (Å²) < 4.78 is 5.02. The molecule has 0 spiro atoms. The van der Waals surface area contributed by atoms with Gasteiger partial charge in [0.15, 0.2) is 5.78 Å². The summed E-state index contributed by atoms with van der Waals surface area (Å²) in [6.45, 7) is 13.4. The predicted molar refractivity (Wildman–Crippen MR) is 96.9 cm³/mol. The van der Waals surface area contributed by atoms with E-state index in [0.717, 1.165) is 6.42 Å². The lowest BCUT2D eigenvalue weighted by Gasteiger charge is -2.28. The van der Waals surface area contributed by atoms with Gasteiger partial charge in [0, 0.05) is 24.7 Å². The van der Waals surface area contributed by atoms with Gasteiger partial charge in [0.25, 0.3) is 0 Å². The average molecular weight is 350 g/mol. The largest absolute Gasteiger partial charge is 0.461 e. The molecule has 0 fully saturated rings. The predicted octanol–water partition coefficient (Wildman–Crippen LogP) is 3.27. The van der Waals surface area contributed by atoms with E-state index < -0.39 is 12.0 Å². The fraction of sp³-hybridized carbons (Fsp3) is 0.632. The molecule has 1 aromatic heterocycles. The number of Topliss-reactive ketones (excluding diaryl/α,β-unsaturated/α-hetero) is 1. The number of esters is 1. The minimum atomic E-state index is -0.584. The third-order valence-electron chi connectivity index (χ3n) is 4.36. The Balaban J connectivity index is 3.12. The van der Waals surface area contributed by atoms with Crippen LogP contribution in [0.25, 0.3) is 0 Å². The molecule has 1 heterocycles. The molecule has 1 aromatic rings. The maximum absolute atomic E-state index is 13.0. The molecule has 1 N–H and O–H groups in total. The smallest absolute Gasteiger partial charge is 0.355 e. The van der Waals surface area contributed by atoms with Gasteiger partial charge in [0.1, 0.15) is 5.69 Å². The monoisotopic (exact) mass is 350 g/mol. The van der Waals surface area contributed by atoms with Gasteiger partial charge in [-0.15, -0.1) is 0 Å². The van der Waals surface area contributed by atoms with Crippen molar-refractivity contribution in [2.24, 2.45) is 5.92 Å². The second-order valence-electron chi connectivity index (χ2n) is 6.78. The lowest BCUT2D eigenvalue weighted by atomic mass is 9.99. The van der Waals surface area contributed by atoms with Crippen molar-refractivity contribution in [3.8, 4) is 0 Å². The maximum Gasteiger partial charge on any atom is 0.355 e. The van der Waals surface area contributed by atoms with E-state index in [0.29, 0.717) is 35.0 Å². The normalized spacial score (nSPS) is 12.2. The Kier molecular flexibility index (Phi) is 7.39.